The number of anilines is 1. The molecule has 1 aromatic rings. The van der Waals surface area contributed by atoms with E-state index in [0.29, 0.717) is 6.04 Å². The Kier molecular flexibility index (Phi) is 3.34. The Hall–Kier alpha value is -0.510. The van der Waals surface area contributed by atoms with Gasteiger partial charge in [-0.2, -0.15) is 5.10 Å². The van der Waals surface area contributed by atoms with Crippen molar-refractivity contribution in [1.29, 1.82) is 0 Å². The molecule has 3 nitrogen and oxygen atoms in total. The first-order valence-electron chi connectivity index (χ1n) is 5.70. The molecule has 0 bridgehead atoms. The van der Waals surface area contributed by atoms with Crippen molar-refractivity contribution in [2.24, 2.45) is 0 Å². The fourth-order valence-electron chi connectivity index (χ4n) is 2.33. The predicted octanol–water partition coefficient (Wildman–Crippen LogP) is 3.43. The zero-order valence-electron chi connectivity index (χ0n) is 9.17. The topological polar surface area (TPSA) is 43.8 Å². The van der Waals surface area contributed by atoms with Crippen molar-refractivity contribution >= 4 is 21.7 Å². The molecule has 0 aliphatic heterocycles. The van der Waals surface area contributed by atoms with Gasteiger partial charge in [0.15, 0.2) is 0 Å². The molecule has 1 aliphatic carbocycles. The summed E-state index contributed by atoms with van der Waals surface area (Å²) in [6, 6.07) is 0.512. The van der Waals surface area contributed by atoms with Gasteiger partial charge in [0.1, 0.15) is 5.82 Å². The molecule has 15 heavy (non-hydrogen) atoms. The molecular weight excluding hydrogens is 254 g/mol. The molecule has 0 amide bonds. The van der Waals surface area contributed by atoms with Gasteiger partial charge in [-0.05, 0) is 35.7 Å². The van der Waals surface area contributed by atoms with Gasteiger partial charge in [-0.3, -0.25) is 0 Å². The summed E-state index contributed by atoms with van der Waals surface area (Å²) < 4.78 is 2.98. The van der Waals surface area contributed by atoms with Gasteiger partial charge >= 0.3 is 0 Å². The highest BCUT2D eigenvalue weighted by molar-refractivity contribution is 9.10. The van der Waals surface area contributed by atoms with Gasteiger partial charge in [-0.25, -0.2) is 4.68 Å². The smallest absolute Gasteiger partial charge is 0.136 e. The summed E-state index contributed by atoms with van der Waals surface area (Å²) in [4.78, 5) is 0. The van der Waals surface area contributed by atoms with E-state index in [1.54, 1.807) is 0 Å². The summed E-state index contributed by atoms with van der Waals surface area (Å²) in [5, 5.41) is 4.52. The zero-order valence-corrected chi connectivity index (χ0v) is 10.8. The molecular formula is C11H18BrN3. The molecule has 1 fully saturated rings. The maximum absolute atomic E-state index is 6.04. The zero-order chi connectivity index (χ0) is 10.8. The fraction of sp³-hybridized carbons (Fsp3) is 0.727. The molecule has 4 heteroatoms. The maximum atomic E-state index is 6.04. The number of aromatic nitrogens is 2. The van der Waals surface area contributed by atoms with E-state index in [2.05, 4.69) is 21.0 Å². The number of halogens is 1. The largest absolute Gasteiger partial charge is 0.383 e. The highest BCUT2D eigenvalue weighted by Crippen LogP contribution is 2.32. The van der Waals surface area contributed by atoms with Crippen molar-refractivity contribution in [3.63, 3.8) is 0 Å². The van der Waals surface area contributed by atoms with Gasteiger partial charge in [0.05, 0.1) is 16.2 Å². The van der Waals surface area contributed by atoms with Crippen LogP contribution in [0.4, 0.5) is 5.82 Å². The molecule has 0 atom stereocenters. The second-order valence-corrected chi connectivity index (χ2v) is 5.17. The molecule has 84 valence electrons. The Labute approximate surface area is 99.2 Å². The summed E-state index contributed by atoms with van der Waals surface area (Å²) >= 11 is 3.48. The maximum Gasteiger partial charge on any atom is 0.136 e. The van der Waals surface area contributed by atoms with Gasteiger partial charge in [0.25, 0.3) is 0 Å². The standard InChI is InChI=1S/C11H18BrN3/c1-8-10(12)11(13)15(14-8)9-6-4-2-3-5-7-9/h9H,2-7,13H2,1H3. The molecule has 1 heterocycles. The lowest BCUT2D eigenvalue weighted by molar-refractivity contribution is 0.409. The molecule has 2 N–H and O–H groups in total. The molecule has 0 radical (unpaired) electrons. The highest BCUT2D eigenvalue weighted by atomic mass is 79.9. The number of rotatable bonds is 1. The molecule has 0 spiro atoms. The number of nitrogens with two attached hydrogens (primary N) is 1. The summed E-state index contributed by atoms with van der Waals surface area (Å²) in [6.07, 6.45) is 7.77. The first kappa shape index (κ1) is 11.0. The number of nitrogen functional groups attached to an aromatic ring is 1. The first-order chi connectivity index (χ1) is 7.20. The number of aryl methyl sites for hydroxylation is 1. The average molecular weight is 272 g/mol. The van der Waals surface area contributed by atoms with Crippen molar-refractivity contribution in [2.75, 3.05) is 5.73 Å². The van der Waals surface area contributed by atoms with Gasteiger partial charge in [0, 0.05) is 0 Å². The Balaban J connectivity index is 2.23. The molecule has 0 aromatic carbocycles. The minimum Gasteiger partial charge on any atom is -0.383 e. The summed E-state index contributed by atoms with van der Waals surface area (Å²) in [5.41, 5.74) is 7.04. The Morgan fingerprint density at radius 1 is 1.27 bits per heavy atom. The van der Waals surface area contributed by atoms with E-state index in [1.165, 1.54) is 38.5 Å². The van der Waals surface area contributed by atoms with Crippen LogP contribution in [0, 0.1) is 6.92 Å². The van der Waals surface area contributed by atoms with Crippen molar-refractivity contribution in [2.45, 2.75) is 51.5 Å². The third-order valence-corrected chi connectivity index (χ3v) is 4.20. The average Bonchev–Trinajstić information content (AvgIpc) is 2.51. The molecule has 1 saturated carbocycles. The SMILES string of the molecule is Cc1nn(C2CCCCCC2)c(N)c1Br. The molecule has 1 aromatic heterocycles. The van der Waals surface area contributed by atoms with Gasteiger partial charge in [0.2, 0.25) is 0 Å². The minimum atomic E-state index is 0.512. The lowest BCUT2D eigenvalue weighted by Crippen LogP contribution is -2.12. The van der Waals surface area contributed by atoms with Crippen LogP contribution in [0.15, 0.2) is 4.47 Å². The lowest BCUT2D eigenvalue weighted by Gasteiger charge is -2.16. The van der Waals surface area contributed by atoms with Crippen LogP contribution < -0.4 is 5.73 Å². The van der Waals surface area contributed by atoms with E-state index in [1.807, 2.05) is 11.6 Å². The van der Waals surface area contributed by atoms with Crippen molar-refractivity contribution in [1.82, 2.24) is 9.78 Å². The van der Waals surface area contributed by atoms with E-state index < -0.39 is 0 Å². The number of hydrogen-bond donors (Lipinski definition) is 1. The third-order valence-electron chi connectivity index (χ3n) is 3.22. The Morgan fingerprint density at radius 3 is 2.33 bits per heavy atom. The summed E-state index contributed by atoms with van der Waals surface area (Å²) in [6.45, 7) is 1.99. The second kappa shape index (κ2) is 4.56. The van der Waals surface area contributed by atoms with Gasteiger partial charge < -0.3 is 5.73 Å². The third kappa shape index (κ3) is 2.19. The molecule has 0 unspecified atom stereocenters. The fourth-order valence-corrected chi connectivity index (χ4v) is 2.59. The van der Waals surface area contributed by atoms with Crippen LogP contribution in [0.2, 0.25) is 0 Å². The van der Waals surface area contributed by atoms with Crippen LogP contribution >= 0.6 is 15.9 Å². The monoisotopic (exact) mass is 271 g/mol. The van der Waals surface area contributed by atoms with Crippen LogP contribution in [-0.4, -0.2) is 9.78 Å². The van der Waals surface area contributed by atoms with E-state index in [-0.39, 0.29) is 0 Å². The van der Waals surface area contributed by atoms with E-state index in [0.717, 1.165) is 16.0 Å². The Bertz CT molecular complexity index is 338. The quantitative estimate of drug-likeness (QED) is 0.796. The Morgan fingerprint density at radius 2 is 1.87 bits per heavy atom. The molecule has 0 saturated heterocycles. The van der Waals surface area contributed by atoms with Crippen molar-refractivity contribution < 1.29 is 0 Å². The normalized spacial score (nSPS) is 19.1. The van der Waals surface area contributed by atoms with Gasteiger partial charge in [-0.1, -0.05) is 25.7 Å². The van der Waals surface area contributed by atoms with Crippen LogP contribution in [-0.2, 0) is 0 Å². The van der Waals surface area contributed by atoms with Crippen LogP contribution in [0.3, 0.4) is 0 Å². The van der Waals surface area contributed by atoms with E-state index in [9.17, 15) is 0 Å². The summed E-state index contributed by atoms with van der Waals surface area (Å²) in [7, 11) is 0. The van der Waals surface area contributed by atoms with E-state index in [4.69, 9.17) is 5.73 Å². The number of hydrogen-bond acceptors (Lipinski definition) is 2. The predicted molar refractivity (Wildman–Crippen MR) is 65.8 cm³/mol. The molecule has 2 rings (SSSR count). The highest BCUT2D eigenvalue weighted by Gasteiger charge is 2.19. The second-order valence-electron chi connectivity index (χ2n) is 4.37. The molecule has 1 aliphatic rings. The summed E-state index contributed by atoms with van der Waals surface area (Å²) in [5.74, 6) is 0.791. The van der Waals surface area contributed by atoms with Crippen molar-refractivity contribution in [3.05, 3.63) is 10.2 Å². The minimum absolute atomic E-state index is 0.512. The van der Waals surface area contributed by atoms with Crippen LogP contribution in [0.5, 0.6) is 0 Å². The first-order valence-corrected chi connectivity index (χ1v) is 6.49. The van der Waals surface area contributed by atoms with Gasteiger partial charge in [-0.15, -0.1) is 0 Å². The van der Waals surface area contributed by atoms with Crippen molar-refractivity contribution in [3.8, 4) is 0 Å². The van der Waals surface area contributed by atoms with Crippen LogP contribution in [0.25, 0.3) is 0 Å². The lowest BCUT2D eigenvalue weighted by atomic mass is 10.1. The number of nitrogens with zero attached hydrogens (tertiary/aromatic N) is 2. The van der Waals surface area contributed by atoms with E-state index >= 15 is 0 Å². The van der Waals surface area contributed by atoms with Crippen LogP contribution in [0.1, 0.15) is 50.3 Å².